The summed E-state index contributed by atoms with van der Waals surface area (Å²) < 4.78 is 0. The molecule has 8 heteroatoms. The quantitative estimate of drug-likeness (QED) is 0.428. The van der Waals surface area contributed by atoms with Gasteiger partial charge >= 0.3 is 0 Å². The van der Waals surface area contributed by atoms with Crippen LogP contribution in [-0.4, -0.2) is 47.6 Å². The molecule has 0 aromatic heterocycles. The van der Waals surface area contributed by atoms with Gasteiger partial charge in [-0.25, -0.2) is 0 Å². The molecule has 4 N–H and O–H groups in total. The lowest BCUT2D eigenvalue weighted by atomic mass is 10.0. The molecular weight excluding hydrogens is 310 g/mol. The summed E-state index contributed by atoms with van der Waals surface area (Å²) in [7, 11) is 0. The van der Waals surface area contributed by atoms with Gasteiger partial charge in [-0.05, 0) is 30.8 Å². The molecule has 0 aliphatic heterocycles. The maximum atomic E-state index is 12.2. The molecule has 6 nitrogen and oxygen atoms in total. The van der Waals surface area contributed by atoms with Crippen molar-refractivity contribution in [1.82, 2.24) is 10.6 Å². The van der Waals surface area contributed by atoms with Gasteiger partial charge in [-0.1, -0.05) is 13.8 Å². The minimum atomic E-state index is -0.720. The molecule has 0 heterocycles. The third-order valence-electron chi connectivity index (χ3n) is 2.77. The van der Waals surface area contributed by atoms with Crippen LogP contribution in [0.1, 0.15) is 26.7 Å². The van der Waals surface area contributed by atoms with E-state index in [4.69, 9.17) is 5.73 Å². The fourth-order valence-electron chi connectivity index (χ4n) is 1.73. The Labute approximate surface area is 135 Å². The fraction of sp³-hybridized carbons (Fsp3) is 0.769. The fourth-order valence-corrected chi connectivity index (χ4v) is 2.30. The highest BCUT2D eigenvalue weighted by molar-refractivity contribution is 7.98. The third kappa shape index (κ3) is 8.87. The van der Waals surface area contributed by atoms with Gasteiger partial charge in [-0.3, -0.25) is 14.4 Å². The van der Waals surface area contributed by atoms with E-state index in [1.807, 2.05) is 20.1 Å². The van der Waals surface area contributed by atoms with Gasteiger partial charge in [0.15, 0.2) is 0 Å². The number of thiol groups is 1. The van der Waals surface area contributed by atoms with E-state index in [0.29, 0.717) is 12.8 Å². The summed E-state index contributed by atoms with van der Waals surface area (Å²) in [5.41, 5.74) is 5.30. The Bertz CT molecular complexity index is 365. The molecule has 0 aromatic rings. The number of rotatable bonds is 10. The van der Waals surface area contributed by atoms with Crippen LogP contribution in [0.5, 0.6) is 0 Å². The molecule has 0 saturated carbocycles. The van der Waals surface area contributed by atoms with Gasteiger partial charge in [0.25, 0.3) is 0 Å². The lowest BCUT2D eigenvalue weighted by Gasteiger charge is -2.22. The van der Waals surface area contributed by atoms with E-state index in [1.165, 1.54) is 0 Å². The number of hydrogen-bond acceptors (Lipinski definition) is 5. The van der Waals surface area contributed by atoms with Crippen LogP contribution in [0.3, 0.4) is 0 Å². The Hall–Kier alpha value is -0.890. The standard InChI is InChI=1S/C13H25N3O3S2/c1-8(2)6-10(12(14)18)16-13(19)9(4-5-21-3)15-11(17)7-20/h8-10,20H,4-7H2,1-3H3,(H2,14,18)(H,15,17)(H,16,19)/t9-,10-/m0/s1. The topological polar surface area (TPSA) is 101 Å². The van der Waals surface area contributed by atoms with Crippen molar-refractivity contribution in [1.29, 1.82) is 0 Å². The molecule has 0 aromatic carbocycles. The van der Waals surface area contributed by atoms with Crippen molar-refractivity contribution in [3.63, 3.8) is 0 Å². The molecule has 0 aliphatic rings. The number of hydrogen-bond donors (Lipinski definition) is 4. The van der Waals surface area contributed by atoms with E-state index in [0.717, 1.165) is 5.75 Å². The Morgan fingerprint density at radius 3 is 2.24 bits per heavy atom. The van der Waals surface area contributed by atoms with Crippen LogP contribution < -0.4 is 16.4 Å². The average Bonchev–Trinajstić information content (AvgIpc) is 2.41. The number of nitrogens with one attached hydrogen (secondary N) is 2. The molecule has 3 amide bonds. The summed E-state index contributed by atoms with van der Waals surface area (Å²) in [5, 5.41) is 5.23. The first-order chi connectivity index (χ1) is 9.81. The first-order valence-electron chi connectivity index (χ1n) is 6.80. The summed E-state index contributed by atoms with van der Waals surface area (Å²) in [6.07, 6.45) is 2.87. The van der Waals surface area contributed by atoms with Gasteiger partial charge in [0.05, 0.1) is 5.75 Å². The molecule has 0 spiro atoms. The summed E-state index contributed by atoms with van der Waals surface area (Å²) in [5.74, 6) is -0.326. The zero-order valence-corrected chi connectivity index (χ0v) is 14.4. The van der Waals surface area contributed by atoms with E-state index in [-0.39, 0.29) is 23.5 Å². The molecule has 21 heavy (non-hydrogen) atoms. The van der Waals surface area contributed by atoms with Crippen LogP contribution in [0.2, 0.25) is 0 Å². The van der Waals surface area contributed by atoms with Crippen LogP contribution in [0, 0.1) is 5.92 Å². The highest BCUT2D eigenvalue weighted by atomic mass is 32.2. The molecule has 2 atom stereocenters. The van der Waals surface area contributed by atoms with Crippen molar-refractivity contribution in [2.75, 3.05) is 17.8 Å². The number of nitrogens with two attached hydrogens (primary N) is 1. The smallest absolute Gasteiger partial charge is 0.243 e. The normalized spacial score (nSPS) is 13.6. The lowest BCUT2D eigenvalue weighted by Crippen LogP contribution is -2.53. The van der Waals surface area contributed by atoms with Crippen LogP contribution >= 0.6 is 24.4 Å². The summed E-state index contributed by atoms with van der Waals surface area (Å²) in [6.45, 7) is 3.88. The molecule has 0 saturated heterocycles. The van der Waals surface area contributed by atoms with Gasteiger partial charge in [0, 0.05) is 0 Å². The SMILES string of the molecule is CSCC[C@H](NC(=O)CS)C(=O)N[C@@H](CC(C)C)C(N)=O. The predicted octanol–water partition coefficient (Wildman–Crippen LogP) is 0.170. The second-order valence-electron chi connectivity index (χ2n) is 5.15. The van der Waals surface area contributed by atoms with Gasteiger partial charge < -0.3 is 16.4 Å². The van der Waals surface area contributed by atoms with E-state index in [2.05, 4.69) is 23.3 Å². The van der Waals surface area contributed by atoms with Crippen molar-refractivity contribution < 1.29 is 14.4 Å². The molecule has 0 radical (unpaired) electrons. The number of carbonyl (C=O) groups excluding carboxylic acids is 3. The zero-order chi connectivity index (χ0) is 16.4. The van der Waals surface area contributed by atoms with Crippen LogP contribution in [0.25, 0.3) is 0 Å². The van der Waals surface area contributed by atoms with E-state index in [1.54, 1.807) is 11.8 Å². The van der Waals surface area contributed by atoms with Gasteiger partial charge in [-0.15, -0.1) is 0 Å². The Morgan fingerprint density at radius 2 is 1.81 bits per heavy atom. The number of primary amides is 1. The largest absolute Gasteiger partial charge is 0.368 e. The van der Waals surface area contributed by atoms with Gasteiger partial charge in [-0.2, -0.15) is 24.4 Å². The molecule has 0 fully saturated rings. The van der Waals surface area contributed by atoms with Gasteiger partial charge in [0.1, 0.15) is 12.1 Å². The Morgan fingerprint density at radius 1 is 1.19 bits per heavy atom. The molecule has 0 aliphatic carbocycles. The maximum Gasteiger partial charge on any atom is 0.243 e. The monoisotopic (exact) mass is 335 g/mol. The number of carbonyl (C=O) groups is 3. The average molecular weight is 335 g/mol. The highest BCUT2D eigenvalue weighted by Crippen LogP contribution is 2.06. The van der Waals surface area contributed by atoms with E-state index >= 15 is 0 Å². The van der Waals surface area contributed by atoms with Crippen molar-refractivity contribution in [2.24, 2.45) is 11.7 Å². The summed E-state index contributed by atoms with van der Waals surface area (Å²) in [6, 6.07) is -1.40. The third-order valence-corrected chi connectivity index (χ3v) is 3.70. The summed E-state index contributed by atoms with van der Waals surface area (Å²) >= 11 is 5.45. The molecule has 122 valence electrons. The summed E-state index contributed by atoms with van der Waals surface area (Å²) in [4.78, 5) is 35.0. The minimum absolute atomic E-state index is 0.00822. The van der Waals surface area contributed by atoms with Crippen LogP contribution in [0.15, 0.2) is 0 Å². The van der Waals surface area contributed by atoms with Gasteiger partial charge in [0.2, 0.25) is 17.7 Å². The first-order valence-corrected chi connectivity index (χ1v) is 8.83. The number of thioether (sulfide) groups is 1. The van der Waals surface area contributed by atoms with Crippen LogP contribution in [0.4, 0.5) is 0 Å². The van der Waals surface area contributed by atoms with Crippen molar-refractivity contribution >= 4 is 42.1 Å². The highest BCUT2D eigenvalue weighted by Gasteiger charge is 2.25. The zero-order valence-electron chi connectivity index (χ0n) is 12.7. The van der Waals surface area contributed by atoms with E-state index in [9.17, 15) is 14.4 Å². The predicted molar refractivity (Wildman–Crippen MR) is 89.4 cm³/mol. The Kier molecular flexibility index (Phi) is 10.3. The second-order valence-corrected chi connectivity index (χ2v) is 6.45. The molecule has 0 unspecified atom stereocenters. The van der Waals surface area contributed by atoms with Crippen LogP contribution in [-0.2, 0) is 14.4 Å². The second kappa shape index (κ2) is 10.8. The molecule has 0 rings (SSSR count). The van der Waals surface area contributed by atoms with Crippen molar-refractivity contribution in [2.45, 2.75) is 38.8 Å². The van der Waals surface area contributed by atoms with Crippen molar-refractivity contribution in [3.05, 3.63) is 0 Å². The van der Waals surface area contributed by atoms with Crippen molar-refractivity contribution in [3.8, 4) is 0 Å². The number of amides is 3. The first kappa shape index (κ1) is 20.1. The minimum Gasteiger partial charge on any atom is -0.368 e. The maximum absolute atomic E-state index is 12.2. The molecule has 0 bridgehead atoms. The van der Waals surface area contributed by atoms with E-state index < -0.39 is 18.0 Å². The lowest BCUT2D eigenvalue weighted by molar-refractivity contribution is -0.131. The Balaban J connectivity index is 4.74. The molecular formula is C13H25N3O3S2.